The number of pyridine rings is 1. The van der Waals surface area contributed by atoms with Gasteiger partial charge in [0.05, 0.1) is 11.6 Å². The fourth-order valence-electron chi connectivity index (χ4n) is 1.66. The Morgan fingerprint density at radius 1 is 1.17 bits per heavy atom. The number of amides is 1. The van der Waals surface area contributed by atoms with Crippen molar-refractivity contribution in [2.45, 2.75) is 13.0 Å². The predicted molar refractivity (Wildman–Crippen MR) is 69.4 cm³/mol. The number of carbonyl (C=O) groups is 1. The van der Waals surface area contributed by atoms with Crippen LogP contribution in [0.5, 0.6) is 0 Å². The normalized spacial score (nSPS) is 11.8. The SMILES string of the molecule is C[C@@H](NC(=O)c1ccc(=O)[nH]c1)c1ccccc1. The molecular formula is C14H14N2O2. The second-order valence-electron chi connectivity index (χ2n) is 4.05. The number of H-pyrrole nitrogens is 1. The van der Waals surface area contributed by atoms with E-state index >= 15 is 0 Å². The van der Waals surface area contributed by atoms with Gasteiger partial charge in [-0.05, 0) is 18.6 Å². The lowest BCUT2D eigenvalue weighted by molar-refractivity contribution is 0.0939. The van der Waals surface area contributed by atoms with Gasteiger partial charge in [-0.15, -0.1) is 0 Å². The van der Waals surface area contributed by atoms with Crippen molar-refractivity contribution >= 4 is 5.91 Å². The van der Waals surface area contributed by atoms with Gasteiger partial charge in [-0.3, -0.25) is 9.59 Å². The van der Waals surface area contributed by atoms with Gasteiger partial charge in [0.1, 0.15) is 0 Å². The molecule has 0 aliphatic rings. The predicted octanol–water partition coefficient (Wildman–Crippen LogP) is 1.87. The molecule has 0 bridgehead atoms. The van der Waals surface area contributed by atoms with Crippen molar-refractivity contribution in [2.24, 2.45) is 0 Å². The van der Waals surface area contributed by atoms with Crippen molar-refractivity contribution < 1.29 is 4.79 Å². The summed E-state index contributed by atoms with van der Waals surface area (Å²) < 4.78 is 0. The zero-order chi connectivity index (χ0) is 13.0. The van der Waals surface area contributed by atoms with Crippen LogP contribution in [0.2, 0.25) is 0 Å². The minimum Gasteiger partial charge on any atom is -0.345 e. The summed E-state index contributed by atoms with van der Waals surface area (Å²) in [6.45, 7) is 1.92. The molecule has 0 saturated carbocycles. The van der Waals surface area contributed by atoms with Crippen molar-refractivity contribution in [2.75, 3.05) is 0 Å². The molecule has 0 unspecified atom stereocenters. The van der Waals surface area contributed by atoms with Crippen LogP contribution in [0.25, 0.3) is 0 Å². The van der Waals surface area contributed by atoms with Crippen molar-refractivity contribution in [3.63, 3.8) is 0 Å². The third-order valence-corrected chi connectivity index (χ3v) is 2.69. The van der Waals surface area contributed by atoms with Crippen LogP contribution in [0.3, 0.4) is 0 Å². The Labute approximate surface area is 105 Å². The highest BCUT2D eigenvalue weighted by Gasteiger charge is 2.10. The van der Waals surface area contributed by atoms with Gasteiger partial charge in [0, 0.05) is 12.3 Å². The molecule has 1 heterocycles. The summed E-state index contributed by atoms with van der Waals surface area (Å²) in [5, 5.41) is 2.87. The molecule has 1 aromatic heterocycles. The van der Waals surface area contributed by atoms with E-state index in [0.717, 1.165) is 5.56 Å². The first-order valence-electron chi connectivity index (χ1n) is 5.71. The lowest BCUT2D eigenvalue weighted by Crippen LogP contribution is -2.27. The van der Waals surface area contributed by atoms with E-state index in [9.17, 15) is 9.59 Å². The van der Waals surface area contributed by atoms with Crippen molar-refractivity contribution in [3.8, 4) is 0 Å². The Morgan fingerprint density at radius 2 is 1.89 bits per heavy atom. The number of carbonyl (C=O) groups excluding carboxylic acids is 1. The van der Waals surface area contributed by atoms with E-state index in [1.807, 2.05) is 37.3 Å². The molecule has 4 nitrogen and oxygen atoms in total. The van der Waals surface area contributed by atoms with Gasteiger partial charge in [-0.2, -0.15) is 0 Å². The van der Waals surface area contributed by atoms with Crippen molar-refractivity contribution in [3.05, 3.63) is 70.1 Å². The summed E-state index contributed by atoms with van der Waals surface area (Å²) in [4.78, 5) is 25.3. The highest BCUT2D eigenvalue weighted by atomic mass is 16.2. The molecule has 18 heavy (non-hydrogen) atoms. The second kappa shape index (κ2) is 5.31. The Kier molecular flexibility index (Phi) is 3.57. The van der Waals surface area contributed by atoms with E-state index in [1.165, 1.54) is 18.3 Å². The van der Waals surface area contributed by atoms with Gasteiger partial charge >= 0.3 is 0 Å². The lowest BCUT2D eigenvalue weighted by Gasteiger charge is -2.14. The van der Waals surface area contributed by atoms with E-state index in [1.54, 1.807) is 0 Å². The highest BCUT2D eigenvalue weighted by molar-refractivity contribution is 5.94. The standard InChI is InChI=1S/C14H14N2O2/c1-10(11-5-3-2-4-6-11)16-14(18)12-7-8-13(17)15-9-12/h2-10H,1H3,(H,15,17)(H,16,18)/t10-/m1/s1. The molecule has 1 atom stereocenters. The van der Waals surface area contributed by atoms with Crippen LogP contribution in [-0.4, -0.2) is 10.9 Å². The molecule has 0 saturated heterocycles. The fourth-order valence-corrected chi connectivity index (χ4v) is 1.66. The maximum Gasteiger partial charge on any atom is 0.253 e. The molecule has 2 N–H and O–H groups in total. The Hall–Kier alpha value is -2.36. The van der Waals surface area contributed by atoms with E-state index in [4.69, 9.17) is 0 Å². The summed E-state index contributed by atoms with van der Waals surface area (Å²) in [7, 11) is 0. The third kappa shape index (κ3) is 2.85. The quantitative estimate of drug-likeness (QED) is 0.863. The number of hydrogen-bond acceptors (Lipinski definition) is 2. The van der Waals surface area contributed by atoms with Gasteiger partial charge in [0.15, 0.2) is 0 Å². The van der Waals surface area contributed by atoms with Crippen LogP contribution in [0.4, 0.5) is 0 Å². The topological polar surface area (TPSA) is 62.0 Å². The van der Waals surface area contributed by atoms with E-state index in [2.05, 4.69) is 10.3 Å². The number of rotatable bonds is 3. The van der Waals surface area contributed by atoms with E-state index < -0.39 is 0 Å². The zero-order valence-electron chi connectivity index (χ0n) is 10.0. The number of aromatic amines is 1. The molecule has 2 aromatic rings. The number of benzene rings is 1. The summed E-state index contributed by atoms with van der Waals surface area (Å²) in [6, 6.07) is 12.5. The molecule has 4 heteroatoms. The lowest BCUT2D eigenvalue weighted by atomic mass is 10.1. The monoisotopic (exact) mass is 242 g/mol. The first kappa shape index (κ1) is 12.1. The Balaban J connectivity index is 2.08. The van der Waals surface area contributed by atoms with Crippen molar-refractivity contribution in [1.29, 1.82) is 0 Å². The maximum atomic E-state index is 11.9. The minimum atomic E-state index is -0.220. The summed E-state index contributed by atoms with van der Waals surface area (Å²) in [5.74, 6) is -0.206. The largest absolute Gasteiger partial charge is 0.345 e. The molecule has 92 valence electrons. The average molecular weight is 242 g/mol. The summed E-state index contributed by atoms with van der Waals surface area (Å²) >= 11 is 0. The molecule has 1 amide bonds. The molecule has 0 radical (unpaired) electrons. The molecular weight excluding hydrogens is 228 g/mol. The van der Waals surface area contributed by atoms with Gasteiger partial charge in [-0.1, -0.05) is 30.3 Å². The number of hydrogen-bond donors (Lipinski definition) is 2. The third-order valence-electron chi connectivity index (χ3n) is 2.69. The van der Waals surface area contributed by atoms with Crippen LogP contribution >= 0.6 is 0 Å². The minimum absolute atomic E-state index is 0.0781. The van der Waals surface area contributed by atoms with Crippen molar-refractivity contribution in [1.82, 2.24) is 10.3 Å². The van der Waals surface area contributed by atoms with E-state index in [0.29, 0.717) is 5.56 Å². The van der Waals surface area contributed by atoms with Gasteiger partial charge < -0.3 is 10.3 Å². The van der Waals surface area contributed by atoms with E-state index in [-0.39, 0.29) is 17.5 Å². The summed E-state index contributed by atoms with van der Waals surface area (Å²) in [5.41, 5.74) is 1.26. The molecule has 0 spiro atoms. The number of nitrogens with one attached hydrogen (secondary N) is 2. The van der Waals surface area contributed by atoms with Gasteiger partial charge in [-0.25, -0.2) is 0 Å². The summed E-state index contributed by atoms with van der Waals surface area (Å²) in [6.07, 6.45) is 1.41. The average Bonchev–Trinajstić information content (AvgIpc) is 2.40. The fraction of sp³-hybridized carbons (Fsp3) is 0.143. The molecule has 0 fully saturated rings. The van der Waals surface area contributed by atoms with Crippen LogP contribution in [0, 0.1) is 0 Å². The first-order valence-corrected chi connectivity index (χ1v) is 5.71. The number of aromatic nitrogens is 1. The van der Waals surface area contributed by atoms with Crippen LogP contribution in [-0.2, 0) is 0 Å². The van der Waals surface area contributed by atoms with Gasteiger partial charge in [0.2, 0.25) is 5.56 Å². The highest BCUT2D eigenvalue weighted by Crippen LogP contribution is 2.11. The van der Waals surface area contributed by atoms with Crippen LogP contribution in [0.15, 0.2) is 53.5 Å². The van der Waals surface area contributed by atoms with Gasteiger partial charge in [0.25, 0.3) is 5.91 Å². The van der Waals surface area contributed by atoms with Crippen LogP contribution < -0.4 is 10.9 Å². The first-order chi connectivity index (χ1) is 8.66. The van der Waals surface area contributed by atoms with Crippen LogP contribution in [0.1, 0.15) is 28.9 Å². The Bertz CT molecular complexity index is 570. The zero-order valence-corrected chi connectivity index (χ0v) is 10.0. The second-order valence-corrected chi connectivity index (χ2v) is 4.05. The molecule has 0 aliphatic heterocycles. The Morgan fingerprint density at radius 3 is 2.50 bits per heavy atom. The molecule has 1 aromatic carbocycles. The molecule has 2 rings (SSSR count). The smallest absolute Gasteiger partial charge is 0.253 e. The molecule has 0 aliphatic carbocycles. The maximum absolute atomic E-state index is 11.9.